The van der Waals surface area contributed by atoms with Crippen molar-refractivity contribution in [3.8, 4) is 0 Å². The van der Waals surface area contributed by atoms with E-state index in [9.17, 15) is 19.8 Å². The van der Waals surface area contributed by atoms with Crippen LogP contribution in [0.5, 0.6) is 0 Å². The molecule has 2 atom stereocenters. The molecule has 0 aliphatic heterocycles. The molecule has 0 rings (SSSR count). The fraction of sp³-hybridized carbons (Fsp3) is 0.895. The van der Waals surface area contributed by atoms with E-state index in [4.69, 9.17) is 4.74 Å². The van der Waals surface area contributed by atoms with Gasteiger partial charge in [0.1, 0.15) is 0 Å². The van der Waals surface area contributed by atoms with Crippen molar-refractivity contribution < 1.29 is 24.5 Å². The highest BCUT2D eigenvalue weighted by molar-refractivity contribution is 5.76. The van der Waals surface area contributed by atoms with Crippen molar-refractivity contribution in [3.05, 3.63) is 24.3 Å². The topological polar surface area (TPSA) is 95.9 Å². The average molecular weight is 889 g/mol. The number of hydrogen-bond acceptors (Lipinski definition) is 5. The molecular formula is C57H109NO5. The highest BCUT2D eigenvalue weighted by Crippen LogP contribution is 2.17. The van der Waals surface area contributed by atoms with Crippen molar-refractivity contribution in [2.45, 2.75) is 315 Å². The van der Waals surface area contributed by atoms with E-state index in [0.29, 0.717) is 19.4 Å². The molecule has 0 fully saturated rings. The van der Waals surface area contributed by atoms with E-state index in [1.807, 2.05) is 6.08 Å². The Kier molecular flexibility index (Phi) is 51.6. The minimum absolute atomic E-state index is 0.0303. The number of esters is 1. The normalized spacial score (nSPS) is 12.8. The predicted molar refractivity (Wildman–Crippen MR) is 273 cm³/mol. The summed E-state index contributed by atoms with van der Waals surface area (Å²) in [5.74, 6) is -0.125. The predicted octanol–water partition coefficient (Wildman–Crippen LogP) is 17.1. The number of rotatable bonds is 52. The number of unbranched alkanes of at least 4 members (excludes halogenated alkanes) is 39. The van der Waals surface area contributed by atoms with Crippen molar-refractivity contribution in [1.82, 2.24) is 5.32 Å². The Balaban J connectivity index is 3.54. The number of allylic oxidation sites excluding steroid dienone is 3. The van der Waals surface area contributed by atoms with Crippen molar-refractivity contribution in [2.75, 3.05) is 13.2 Å². The number of carbonyl (C=O) groups excluding carboxylic acids is 2. The zero-order chi connectivity index (χ0) is 45.8. The quantitative estimate of drug-likeness (QED) is 0.0321. The summed E-state index contributed by atoms with van der Waals surface area (Å²) in [6.45, 7) is 4.84. The first-order chi connectivity index (χ1) is 31.0. The Bertz CT molecular complexity index is 982. The third-order valence-corrected chi connectivity index (χ3v) is 13.0. The summed E-state index contributed by atoms with van der Waals surface area (Å²) in [6, 6.07) is -0.649. The second-order valence-corrected chi connectivity index (χ2v) is 19.3. The Morgan fingerprint density at radius 3 is 1.13 bits per heavy atom. The van der Waals surface area contributed by atoms with Gasteiger partial charge in [0.05, 0.1) is 25.4 Å². The molecule has 0 radical (unpaired) electrons. The molecule has 1 amide bonds. The largest absolute Gasteiger partial charge is 0.466 e. The molecule has 63 heavy (non-hydrogen) atoms. The summed E-state index contributed by atoms with van der Waals surface area (Å²) in [6.07, 6.45) is 63.4. The first kappa shape index (κ1) is 61.3. The van der Waals surface area contributed by atoms with Gasteiger partial charge in [0.25, 0.3) is 0 Å². The fourth-order valence-corrected chi connectivity index (χ4v) is 8.63. The van der Waals surface area contributed by atoms with Crippen LogP contribution in [0, 0.1) is 0 Å². The molecule has 0 bridgehead atoms. The molecule has 372 valence electrons. The molecule has 0 aromatic carbocycles. The lowest BCUT2D eigenvalue weighted by Gasteiger charge is -2.20. The molecular weight excluding hydrogens is 779 g/mol. The molecule has 0 aromatic heterocycles. The van der Waals surface area contributed by atoms with Gasteiger partial charge in [-0.1, -0.05) is 256 Å². The average Bonchev–Trinajstić information content (AvgIpc) is 3.28. The van der Waals surface area contributed by atoms with E-state index in [0.717, 1.165) is 83.5 Å². The Labute approximate surface area is 392 Å². The van der Waals surface area contributed by atoms with Crippen molar-refractivity contribution in [2.24, 2.45) is 0 Å². The zero-order valence-corrected chi connectivity index (χ0v) is 42.3. The molecule has 3 N–H and O–H groups in total. The maximum atomic E-state index is 12.5. The van der Waals surface area contributed by atoms with E-state index in [1.54, 1.807) is 6.08 Å². The smallest absolute Gasteiger partial charge is 0.305 e. The van der Waals surface area contributed by atoms with E-state index in [1.165, 1.54) is 193 Å². The van der Waals surface area contributed by atoms with Crippen LogP contribution in [0.25, 0.3) is 0 Å². The number of aliphatic hydroxyl groups is 2. The van der Waals surface area contributed by atoms with Gasteiger partial charge in [-0.3, -0.25) is 9.59 Å². The van der Waals surface area contributed by atoms with Crippen LogP contribution in [0.2, 0.25) is 0 Å². The maximum absolute atomic E-state index is 12.5. The second-order valence-electron chi connectivity index (χ2n) is 19.3. The zero-order valence-electron chi connectivity index (χ0n) is 42.3. The molecule has 0 saturated heterocycles. The van der Waals surface area contributed by atoms with E-state index in [-0.39, 0.29) is 18.5 Å². The molecule has 0 aliphatic carbocycles. The van der Waals surface area contributed by atoms with Crippen LogP contribution < -0.4 is 5.32 Å². The SMILES string of the molecule is CCCCCCCCCCCCCCCCCCCCC/C=C/C(O)C(CO)NC(=O)CCCCCCC/C=C\CCCCOC(=O)CCCCCCCCCCCCCCCC. The van der Waals surface area contributed by atoms with Crippen molar-refractivity contribution in [1.29, 1.82) is 0 Å². The van der Waals surface area contributed by atoms with Crippen LogP contribution in [-0.4, -0.2) is 47.4 Å². The highest BCUT2D eigenvalue weighted by Gasteiger charge is 2.18. The Morgan fingerprint density at radius 2 is 0.746 bits per heavy atom. The second kappa shape index (κ2) is 53.0. The summed E-state index contributed by atoms with van der Waals surface area (Å²) in [5, 5.41) is 23.1. The van der Waals surface area contributed by atoms with Gasteiger partial charge < -0.3 is 20.3 Å². The fourth-order valence-electron chi connectivity index (χ4n) is 8.63. The summed E-state index contributed by atoms with van der Waals surface area (Å²) in [7, 11) is 0. The molecule has 6 nitrogen and oxygen atoms in total. The van der Waals surface area contributed by atoms with Gasteiger partial charge in [0.2, 0.25) is 5.91 Å². The molecule has 0 spiro atoms. The van der Waals surface area contributed by atoms with Crippen molar-refractivity contribution >= 4 is 11.9 Å². The van der Waals surface area contributed by atoms with Crippen LogP contribution in [0.15, 0.2) is 24.3 Å². The summed E-state index contributed by atoms with van der Waals surface area (Å²) >= 11 is 0. The number of amides is 1. The van der Waals surface area contributed by atoms with E-state index in [2.05, 4.69) is 31.3 Å². The first-order valence-electron chi connectivity index (χ1n) is 28.1. The monoisotopic (exact) mass is 888 g/mol. The molecule has 0 saturated carbocycles. The van der Waals surface area contributed by atoms with Gasteiger partial charge in [0, 0.05) is 12.8 Å². The Hall–Kier alpha value is -1.66. The number of ether oxygens (including phenoxy) is 1. The molecule has 0 aromatic rings. The number of aliphatic hydroxyl groups excluding tert-OH is 2. The summed E-state index contributed by atoms with van der Waals surface area (Å²) in [5.41, 5.74) is 0. The molecule has 0 heterocycles. The van der Waals surface area contributed by atoms with Gasteiger partial charge in [0.15, 0.2) is 0 Å². The Morgan fingerprint density at radius 1 is 0.429 bits per heavy atom. The van der Waals surface area contributed by atoms with Gasteiger partial charge in [-0.05, 0) is 57.8 Å². The molecule has 2 unspecified atom stereocenters. The van der Waals surface area contributed by atoms with E-state index >= 15 is 0 Å². The third kappa shape index (κ3) is 49.6. The number of hydrogen-bond donors (Lipinski definition) is 3. The lowest BCUT2D eigenvalue weighted by molar-refractivity contribution is -0.143. The number of nitrogens with one attached hydrogen (secondary N) is 1. The highest BCUT2D eigenvalue weighted by atomic mass is 16.5. The minimum Gasteiger partial charge on any atom is -0.466 e. The summed E-state index contributed by atoms with van der Waals surface area (Å²) < 4.78 is 5.44. The van der Waals surface area contributed by atoms with Gasteiger partial charge in [-0.25, -0.2) is 0 Å². The van der Waals surface area contributed by atoms with Gasteiger partial charge in [-0.2, -0.15) is 0 Å². The molecule has 6 heteroatoms. The van der Waals surface area contributed by atoms with Crippen LogP contribution in [0.3, 0.4) is 0 Å². The lowest BCUT2D eigenvalue weighted by atomic mass is 10.0. The molecule has 0 aliphatic rings. The maximum Gasteiger partial charge on any atom is 0.305 e. The van der Waals surface area contributed by atoms with Crippen molar-refractivity contribution in [3.63, 3.8) is 0 Å². The summed E-state index contributed by atoms with van der Waals surface area (Å²) in [4.78, 5) is 24.5. The number of carbonyl (C=O) groups is 2. The standard InChI is InChI=1S/C57H109NO5/c1-3-5-7-9-11-13-15-17-19-20-21-22-23-24-25-26-29-33-37-41-45-49-55(60)54(53-59)58-56(61)50-46-42-38-34-30-28-32-36-40-44-48-52-63-57(62)51-47-43-39-35-31-27-18-16-14-12-10-8-6-4-2/h32,36,45,49,54-55,59-60H,3-31,33-35,37-44,46-48,50-53H2,1-2H3,(H,58,61)/b36-32-,49-45+. The van der Waals surface area contributed by atoms with Gasteiger partial charge in [-0.15, -0.1) is 0 Å². The van der Waals surface area contributed by atoms with E-state index < -0.39 is 12.1 Å². The minimum atomic E-state index is -0.863. The van der Waals surface area contributed by atoms with Crippen LogP contribution >= 0.6 is 0 Å². The first-order valence-corrected chi connectivity index (χ1v) is 28.1. The van der Waals surface area contributed by atoms with Crippen LogP contribution in [-0.2, 0) is 14.3 Å². The van der Waals surface area contributed by atoms with Gasteiger partial charge >= 0.3 is 5.97 Å². The third-order valence-electron chi connectivity index (χ3n) is 13.0. The van der Waals surface area contributed by atoms with Crippen LogP contribution in [0.1, 0.15) is 303 Å². The van der Waals surface area contributed by atoms with Crippen LogP contribution in [0.4, 0.5) is 0 Å². The lowest BCUT2D eigenvalue weighted by Crippen LogP contribution is -2.45.